The van der Waals surface area contributed by atoms with E-state index in [0.29, 0.717) is 0 Å². The molecule has 0 aromatic carbocycles. The second-order valence-electron chi connectivity index (χ2n) is 12.1. The van der Waals surface area contributed by atoms with Crippen LogP contribution in [0.5, 0.6) is 0 Å². The van der Waals surface area contributed by atoms with E-state index in [0.717, 1.165) is 21.6 Å². The molecular formula is C35H57B4N3O8S. The van der Waals surface area contributed by atoms with E-state index >= 15 is 0 Å². The van der Waals surface area contributed by atoms with Crippen molar-refractivity contribution in [1.82, 2.24) is 15.0 Å². The third-order valence-corrected chi connectivity index (χ3v) is 7.20. The Morgan fingerprint density at radius 3 is 1.33 bits per heavy atom. The molecule has 4 heterocycles. The molecule has 0 aliphatic rings. The summed E-state index contributed by atoms with van der Waals surface area (Å²) in [5.41, 5.74) is 3.79. The normalized spacial score (nSPS) is 10.6. The van der Waals surface area contributed by atoms with Gasteiger partial charge in [0.2, 0.25) is 0 Å². The summed E-state index contributed by atoms with van der Waals surface area (Å²) in [5.74, 6) is 0. The molecule has 4 aromatic heterocycles. The largest absolute Gasteiger partial charge is 0.513 e. The van der Waals surface area contributed by atoms with E-state index in [4.69, 9.17) is 37.2 Å². The minimum atomic E-state index is -0.369. The number of thiophene rings is 1. The lowest BCUT2D eigenvalue weighted by Crippen LogP contribution is -2.42. The van der Waals surface area contributed by atoms with Crippen molar-refractivity contribution in [2.24, 2.45) is 0 Å². The predicted molar refractivity (Wildman–Crippen MR) is 213 cm³/mol. The van der Waals surface area contributed by atoms with Crippen LogP contribution in [0.1, 0.15) is 61.0 Å². The minimum Gasteiger partial charge on any atom is -0.410 e. The maximum atomic E-state index is 5.73. The quantitative estimate of drug-likeness (QED) is 0.168. The Hall–Kier alpha value is -2.78. The highest BCUT2D eigenvalue weighted by Gasteiger charge is 2.27. The van der Waals surface area contributed by atoms with Gasteiger partial charge >= 0.3 is 28.5 Å². The number of nitrogens with zero attached hydrogens (tertiary/aromatic N) is 2. The highest BCUT2D eigenvalue weighted by atomic mass is 32.1. The summed E-state index contributed by atoms with van der Waals surface area (Å²) in [5, 5.41) is 2.00. The zero-order chi connectivity index (χ0) is 38.2. The molecule has 4 rings (SSSR count). The number of nitrogens with one attached hydrogen (secondary N) is 1. The molecule has 0 saturated heterocycles. The van der Waals surface area contributed by atoms with Crippen LogP contribution >= 0.6 is 11.3 Å². The van der Waals surface area contributed by atoms with Crippen LogP contribution in [0.4, 0.5) is 0 Å². The Morgan fingerprint density at radius 1 is 0.549 bits per heavy atom. The molecule has 11 nitrogen and oxygen atoms in total. The van der Waals surface area contributed by atoms with E-state index < -0.39 is 0 Å². The number of H-pyrrole nitrogens is 1. The van der Waals surface area contributed by atoms with E-state index in [2.05, 4.69) is 15.0 Å². The molecule has 0 aliphatic heterocycles. The number of aromatic amines is 1. The second-order valence-corrected chi connectivity index (χ2v) is 13.1. The predicted octanol–water partition coefficient (Wildman–Crippen LogP) is 4.30. The van der Waals surface area contributed by atoms with Gasteiger partial charge in [0.15, 0.2) is 0 Å². The lowest BCUT2D eigenvalue weighted by Gasteiger charge is -2.19. The van der Waals surface area contributed by atoms with Crippen molar-refractivity contribution in [2.75, 3.05) is 28.4 Å². The van der Waals surface area contributed by atoms with Gasteiger partial charge in [-0.25, -0.2) is 0 Å². The van der Waals surface area contributed by atoms with Gasteiger partial charge in [-0.15, -0.1) is 0 Å². The average molecular weight is 723 g/mol. The zero-order valence-corrected chi connectivity index (χ0v) is 33.5. The van der Waals surface area contributed by atoms with E-state index in [1.54, 1.807) is 52.2 Å². The van der Waals surface area contributed by atoms with Crippen molar-refractivity contribution >= 4 is 61.4 Å². The molecule has 51 heavy (non-hydrogen) atoms. The van der Waals surface area contributed by atoms with Crippen LogP contribution < -0.4 is 21.6 Å². The molecule has 0 saturated carbocycles. The smallest absolute Gasteiger partial charge is 0.410 e. The summed E-state index contributed by atoms with van der Waals surface area (Å²) in [7, 11) is 5.23. The third kappa shape index (κ3) is 19.6. The van der Waals surface area contributed by atoms with Gasteiger partial charge in [0.1, 0.15) is 0 Å². The van der Waals surface area contributed by atoms with Gasteiger partial charge in [0, 0.05) is 81.8 Å². The molecule has 0 aliphatic carbocycles. The van der Waals surface area contributed by atoms with Gasteiger partial charge in [-0.2, -0.15) is 11.3 Å². The van der Waals surface area contributed by atoms with Crippen molar-refractivity contribution in [1.29, 1.82) is 0 Å². The molecule has 1 N–H and O–H groups in total. The van der Waals surface area contributed by atoms with E-state index in [9.17, 15) is 0 Å². The molecule has 4 aromatic rings. The number of hydrogen-bond donors (Lipinski definition) is 1. The van der Waals surface area contributed by atoms with Crippen LogP contribution in [-0.4, -0.2) is 96.3 Å². The van der Waals surface area contributed by atoms with Crippen LogP contribution in [0.25, 0.3) is 0 Å². The molecule has 0 atom stereocenters. The molecule has 0 amide bonds. The summed E-state index contributed by atoms with van der Waals surface area (Å²) in [4.78, 5) is 11.5. The van der Waals surface area contributed by atoms with Gasteiger partial charge in [0.25, 0.3) is 0 Å². The summed E-state index contributed by atoms with van der Waals surface area (Å²) >= 11 is 1.63. The average Bonchev–Trinajstić information content (AvgIpc) is 3.79. The Kier molecular flexibility index (Phi) is 24.4. The number of rotatable bonds is 16. The first-order valence-electron chi connectivity index (χ1n) is 17.1. The van der Waals surface area contributed by atoms with Crippen LogP contribution in [-0.2, 0) is 37.2 Å². The Morgan fingerprint density at radius 2 is 1.00 bits per heavy atom. The Labute approximate surface area is 312 Å². The summed E-state index contributed by atoms with van der Waals surface area (Å²) in [6, 6.07) is 17.3. The van der Waals surface area contributed by atoms with Crippen molar-refractivity contribution in [3.8, 4) is 0 Å². The van der Waals surface area contributed by atoms with Crippen LogP contribution in [0.15, 0.2) is 78.6 Å². The first-order chi connectivity index (χ1) is 24.4. The lowest BCUT2D eigenvalue weighted by atomic mass is 9.81. The maximum Gasteiger partial charge on any atom is 0.513 e. The standard InChI is InChI=1S/C11H20BNO2.C11H18BNO2.C7H10BNO2.C6H9BO2S/c1-8(2)14-12(15-9(3)4)11-10(5)6-7-13-11;1-9(2)14-12(15-10(3)4)11-7-5-6-8-13-11;1-10-8(11-2)7-5-3-4-6-9-7;1-8-7(9-2)6-4-3-5-10-6/h6-9,13H,1-5H3;5-10H,1-4H3;3-6H,1-2H3;3-5H,1-2H3. The van der Waals surface area contributed by atoms with E-state index in [1.165, 1.54) is 5.56 Å². The molecule has 0 unspecified atom stereocenters. The fraction of sp³-hybridized carbons (Fsp3) is 0.486. The van der Waals surface area contributed by atoms with Crippen molar-refractivity contribution in [3.05, 3.63) is 84.1 Å². The summed E-state index contributed by atoms with van der Waals surface area (Å²) in [6.07, 6.45) is 5.90. The molecule has 278 valence electrons. The topological polar surface area (TPSA) is 115 Å². The number of aryl methyl sites for hydroxylation is 1. The molecule has 0 spiro atoms. The number of aromatic nitrogens is 3. The Bertz CT molecular complexity index is 1350. The van der Waals surface area contributed by atoms with Crippen LogP contribution in [0.3, 0.4) is 0 Å². The SMILES string of the molecule is CC(C)OB(OC(C)C)c1ccccn1.COB(OC)c1ccccn1.COB(OC)c1cccs1.Cc1cc[nH]c1B(OC(C)C)OC(C)C. The zero-order valence-electron chi connectivity index (χ0n) is 32.7. The van der Waals surface area contributed by atoms with Gasteiger partial charge < -0.3 is 42.2 Å². The summed E-state index contributed by atoms with van der Waals surface area (Å²) < 4.78 is 44.0. The third-order valence-electron chi connectivity index (χ3n) is 6.31. The fourth-order valence-electron chi connectivity index (χ4n) is 4.16. The highest BCUT2D eigenvalue weighted by molar-refractivity contribution is 7.20. The second kappa shape index (κ2) is 26.9. The summed E-state index contributed by atoms with van der Waals surface area (Å²) in [6.45, 7) is 18.0. The molecule has 16 heteroatoms. The van der Waals surface area contributed by atoms with Gasteiger partial charge in [-0.3, -0.25) is 9.97 Å². The van der Waals surface area contributed by atoms with Crippen LogP contribution in [0, 0.1) is 6.92 Å². The molecular weight excluding hydrogens is 666 g/mol. The minimum absolute atomic E-state index is 0.121. The molecule has 0 bridgehead atoms. The fourth-order valence-corrected chi connectivity index (χ4v) is 4.94. The monoisotopic (exact) mass is 723 g/mol. The van der Waals surface area contributed by atoms with Crippen LogP contribution in [0.2, 0.25) is 0 Å². The molecule has 0 fully saturated rings. The first kappa shape index (κ1) is 46.2. The first-order valence-corrected chi connectivity index (χ1v) is 18.0. The number of hydrogen-bond acceptors (Lipinski definition) is 11. The Balaban J connectivity index is 0.000000345. The van der Waals surface area contributed by atoms with Crippen molar-refractivity contribution < 1.29 is 37.2 Å². The highest BCUT2D eigenvalue weighted by Crippen LogP contribution is 2.04. The van der Waals surface area contributed by atoms with Gasteiger partial charge in [-0.1, -0.05) is 24.3 Å². The molecule has 0 radical (unpaired) electrons. The van der Waals surface area contributed by atoms with Gasteiger partial charge in [0.05, 0.1) is 11.2 Å². The van der Waals surface area contributed by atoms with Gasteiger partial charge in [-0.05, 0) is 104 Å². The maximum absolute atomic E-state index is 5.73. The van der Waals surface area contributed by atoms with Crippen molar-refractivity contribution in [3.63, 3.8) is 0 Å². The van der Waals surface area contributed by atoms with Crippen molar-refractivity contribution in [2.45, 2.75) is 86.7 Å². The van der Waals surface area contributed by atoms with E-state index in [-0.39, 0.29) is 52.9 Å². The van der Waals surface area contributed by atoms with E-state index in [1.807, 2.05) is 128 Å². The number of pyridine rings is 2. The lowest BCUT2D eigenvalue weighted by molar-refractivity contribution is 0.138.